The first-order valence-electron chi connectivity index (χ1n) is 9.70. The van der Waals surface area contributed by atoms with Crippen LogP contribution in [0.4, 0.5) is 5.69 Å². The molecule has 0 fully saturated rings. The summed E-state index contributed by atoms with van der Waals surface area (Å²) in [5.41, 5.74) is 1.72. The van der Waals surface area contributed by atoms with Gasteiger partial charge in [-0.05, 0) is 43.3 Å². The number of hydrogen-bond acceptors (Lipinski definition) is 6. The average Bonchev–Trinajstić information content (AvgIpc) is 3.15. The van der Waals surface area contributed by atoms with Gasteiger partial charge in [-0.15, -0.1) is 10.2 Å². The van der Waals surface area contributed by atoms with E-state index < -0.39 is 5.41 Å². The number of Topliss-reactive ketones (excluding diaryl/α,β-unsaturated/α-hetero) is 1. The first kappa shape index (κ1) is 21.7. The number of rotatable bonds is 7. The summed E-state index contributed by atoms with van der Waals surface area (Å²) in [6.07, 6.45) is 3.43. The smallest absolute Gasteiger partial charge is 0.229 e. The van der Waals surface area contributed by atoms with Crippen molar-refractivity contribution in [2.75, 3.05) is 11.1 Å². The van der Waals surface area contributed by atoms with Crippen LogP contribution < -0.4 is 5.32 Å². The van der Waals surface area contributed by atoms with Gasteiger partial charge in [-0.3, -0.25) is 14.6 Å². The van der Waals surface area contributed by atoms with Gasteiger partial charge >= 0.3 is 0 Å². The minimum atomic E-state index is -0.477. The lowest BCUT2D eigenvalue weighted by Crippen LogP contribution is -2.27. The summed E-state index contributed by atoms with van der Waals surface area (Å²) in [6.45, 7) is 8.28. The van der Waals surface area contributed by atoms with Crippen LogP contribution in [0.25, 0.3) is 11.4 Å². The van der Waals surface area contributed by atoms with Crippen LogP contribution in [0.1, 0.15) is 38.1 Å². The summed E-state index contributed by atoms with van der Waals surface area (Å²) in [6, 6.07) is 10.7. The molecule has 1 N–H and O–H groups in total. The number of thioether (sulfide) groups is 1. The molecule has 7 nitrogen and oxygen atoms in total. The molecule has 0 aliphatic carbocycles. The first-order valence-corrected chi connectivity index (χ1v) is 10.7. The van der Waals surface area contributed by atoms with Crippen molar-refractivity contribution in [3.63, 3.8) is 0 Å². The zero-order valence-corrected chi connectivity index (χ0v) is 18.4. The van der Waals surface area contributed by atoms with Gasteiger partial charge in [0, 0.05) is 41.2 Å². The Hall–Kier alpha value is -3.00. The highest BCUT2D eigenvalue weighted by molar-refractivity contribution is 7.99. The quantitative estimate of drug-likeness (QED) is 0.450. The largest absolute Gasteiger partial charge is 0.326 e. The molecule has 0 radical (unpaired) electrons. The molecule has 8 heteroatoms. The molecule has 3 rings (SSSR count). The van der Waals surface area contributed by atoms with Gasteiger partial charge in [0.1, 0.15) is 0 Å². The third-order valence-electron chi connectivity index (χ3n) is 4.45. The van der Waals surface area contributed by atoms with Gasteiger partial charge in [0.2, 0.25) is 5.91 Å². The molecular weight excluding hydrogens is 398 g/mol. The molecule has 1 aromatic carbocycles. The van der Waals surface area contributed by atoms with Crippen LogP contribution >= 0.6 is 11.8 Å². The number of nitrogens with zero attached hydrogens (tertiary/aromatic N) is 4. The van der Waals surface area contributed by atoms with Crippen LogP contribution in [-0.4, -0.2) is 37.2 Å². The monoisotopic (exact) mass is 423 g/mol. The highest BCUT2D eigenvalue weighted by atomic mass is 32.2. The molecule has 1 amide bonds. The van der Waals surface area contributed by atoms with E-state index in [0.29, 0.717) is 23.0 Å². The zero-order valence-electron chi connectivity index (χ0n) is 17.5. The Balaban J connectivity index is 1.65. The third kappa shape index (κ3) is 5.13. The van der Waals surface area contributed by atoms with Crippen molar-refractivity contribution >= 4 is 29.1 Å². The lowest BCUT2D eigenvalue weighted by molar-refractivity contribution is -0.123. The van der Waals surface area contributed by atoms with E-state index in [0.717, 1.165) is 11.4 Å². The van der Waals surface area contributed by atoms with E-state index >= 15 is 0 Å². The molecule has 2 heterocycles. The van der Waals surface area contributed by atoms with E-state index in [1.807, 2.05) is 44.4 Å². The molecule has 0 atom stereocenters. The number of nitrogens with one attached hydrogen (secondary N) is 1. The molecule has 30 heavy (non-hydrogen) atoms. The lowest BCUT2D eigenvalue weighted by atomic mass is 9.95. The Labute approximate surface area is 180 Å². The Morgan fingerprint density at radius 1 is 1.03 bits per heavy atom. The van der Waals surface area contributed by atoms with E-state index in [2.05, 4.69) is 20.5 Å². The SMILES string of the molecule is CCn1c(SCC(=O)c2ccc(NC(=O)C(C)(C)C)cc2)nnc1-c1ccncc1. The van der Waals surface area contributed by atoms with Gasteiger partial charge in [0.15, 0.2) is 16.8 Å². The number of hydrogen-bond donors (Lipinski definition) is 1. The molecule has 0 aliphatic heterocycles. The predicted molar refractivity (Wildman–Crippen MR) is 119 cm³/mol. The Morgan fingerprint density at radius 3 is 2.30 bits per heavy atom. The number of anilines is 1. The molecule has 0 spiro atoms. The normalized spacial score (nSPS) is 11.3. The highest BCUT2D eigenvalue weighted by Gasteiger charge is 2.21. The van der Waals surface area contributed by atoms with Crippen LogP contribution in [-0.2, 0) is 11.3 Å². The molecule has 156 valence electrons. The second-order valence-corrected chi connectivity index (χ2v) is 8.72. The fourth-order valence-corrected chi connectivity index (χ4v) is 3.56. The van der Waals surface area contributed by atoms with E-state index in [9.17, 15) is 9.59 Å². The lowest BCUT2D eigenvalue weighted by Gasteiger charge is -2.17. The zero-order chi connectivity index (χ0) is 21.7. The van der Waals surface area contributed by atoms with Crippen LogP contribution in [0.5, 0.6) is 0 Å². The van der Waals surface area contributed by atoms with Crippen molar-refractivity contribution in [2.45, 2.75) is 39.4 Å². The van der Waals surface area contributed by atoms with Crippen LogP contribution in [0.15, 0.2) is 53.9 Å². The van der Waals surface area contributed by atoms with Crippen LogP contribution in [0, 0.1) is 5.41 Å². The topological polar surface area (TPSA) is 89.8 Å². The fraction of sp³-hybridized carbons (Fsp3) is 0.318. The van der Waals surface area contributed by atoms with Gasteiger partial charge in [-0.2, -0.15) is 0 Å². The summed E-state index contributed by atoms with van der Waals surface area (Å²) in [4.78, 5) is 28.7. The average molecular weight is 424 g/mol. The molecule has 0 aliphatic rings. The van der Waals surface area contributed by atoms with Gasteiger partial charge in [0.05, 0.1) is 5.75 Å². The minimum Gasteiger partial charge on any atom is -0.326 e. The van der Waals surface area contributed by atoms with Crippen LogP contribution in [0.3, 0.4) is 0 Å². The number of aromatic nitrogens is 4. The maximum Gasteiger partial charge on any atom is 0.229 e. The van der Waals surface area contributed by atoms with Crippen molar-refractivity contribution in [1.82, 2.24) is 19.7 Å². The number of pyridine rings is 1. The highest BCUT2D eigenvalue weighted by Crippen LogP contribution is 2.24. The predicted octanol–water partition coefficient (Wildman–Crippen LogP) is 4.32. The fourth-order valence-electron chi connectivity index (χ4n) is 2.67. The molecule has 2 aromatic heterocycles. The van der Waals surface area contributed by atoms with Crippen molar-refractivity contribution < 1.29 is 9.59 Å². The van der Waals surface area contributed by atoms with Crippen LogP contribution in [0.2, 0.25) is 0 Å². The molecule has 3 aromatic rings. The van der Waals surface area contributed by atoms with E-state index in [4.69, 9.17) is 0 Å². The van der Waals surface area contributed by atoms with E-state index in [1.54, 1.807) is 36.7 Å². The maximum atomic E-state index is 12.6. The second kappa shape index (κ2) is 9.21. The minimum absolute atomic E-state index is 0.00943. The van der Waals surface area contributed by atoms with Crippen molar-refractivity contribution in [1.29, 1.82) is 0 Å². The maximum absolute atomic E-state index is 12.6. The Morgan fingerprint density at radius 2 is 1.70 bits per heavy atom. The van der Waals surface area contributed by atoms with Gasteiger partial charge in [-0.25, -0.2) is 0 Å². The first-order chi connectivity index (χ1) is 14.3. The summed E-state index contributed by atoms with van der Waals surface area (Å²) in [7, 11) is 0. The van der Waals surface area contributed by atoms with Crippen molar-refractivity contribution in [3.8, 4) is 11.4 Å². The number of ketones is 1. The summed E-state index contributed by atoms with van der Waals surface area (Å²) in [5.74, 6) is 0.932. The summed E-state index contributed by atoms with van der Waals surface area (Å²) in [5, 5.41) is 12.1. The van der Waals surface area contributed by atoms with Gasteiger partial charge < -0.3 is 9.88 Å². The van der Waals surface area contributed by atoms with E-state index in [-0.39, 0.29) is 17.4 Å². The third-order valence-corrected chi connectivity index (χ3v) is 5.42. The molecule has 0 saturated heterocycles. The Bertz CT molecular complexity index is 1020. The standard InChI is InChI=1S/C22H25N5O2S/c1-5-27-19(16-10-12-23-13-11-16)25-26-21(27)30-14-18(28)15-6-8-17(9-7-15)24-20(29)22(2,3)4/h6-13H,5,14H2,1-4H3,(H,24,29). The molecule has 0 bridgehead atoms. The number of amides is 1. The molecule has 0 unspecified atom stereocenters. The number of carbonyl (C=O) groups excluding carboxylic acids is 2. The summed E-state index contributed by atoms with van der Waals surface area (Å²) >= 11 is 1.36. The Kier molecular flexibility index (Phi) is 6.66. The molecular formula is C22H25N5O2S. The van der Waals surface area contributed by atoms with Crippen molar-refractivity contribution in [2.24, 2.45) is 5.41 Å². The van der Waals surface area contributed by atoms with E-state index in [1.165, 1.54) is 11.8 Å². The summed E-state index contributed by atoms with van der Waals surface area (Å²) < 4.78 is 1.98. The van der Waals surface area contributed by atoms with Gasteiger partial charge in [-0.1, -0.05) is 32.5 Å². The number of carbonyl (C=O) groups is 2. The molecule has 0 saturated carbocycles. The van der Waals surface area contributed by atoms with Crippen molar-refractivity contribution in [3.05, 3.63) is 54.4 Å². The number of benzene rings is 1. The van der Waals surface area contributed by atoms with Gasteiger partial charge in [0.25, 0.3) is 0 Å². The second-order valence-electron chi connectivity index (χ2n) is 7.78.